The maximum atomic E-state index is 15.9. The lowest BCUT2D eigenvalue weighted by atomic mass is 9.75. The van der Waals surface area contributed by atoms with Crippen LogP contribution < -0.4 is 4.74 Å². The van der Waals surface area contributed by atoms with Crippen molar-refractivity contribution in [3.8, 4) is 33.8 Å². The van der Waals surface area contributed by atoms with Gasteiger partial charge in [-0.15, -0.1) is 8.78 Å². The number of hydrogen-bond acceptors (Lipinski definition) is 1. The van der Waals surface area contributed by atoms with E-state index in [2.05, 4.69) is 22.5 Å². The molecule has 19 heteroatoms. The molecule has 63 heavy (non-hydrogen) atoms. The van der Waals surface area contributed by atoms with Crippen LogP contribution in [0.2, 0.25) is 0 Å². The van der Waals surface area contributed by atoms with Crippen LogP contribution in [0.5, 0.6) is 11.5 Å². The molecule has 0 bridgehead atoms. The van der Waals surface area contributed by atoms with Crippen molar-refractivity contribution in [2.45, 2.75) is 45.4 Å². The highest BCUT2D eigenvalue weighted by Gasteiger charge is 2.47. The van der Waals surface area contributed by atoms with Gasteiger partial charge < -0.3 is 4.74 Å². The molecule has 0 amide bonds. The van der Waals surface area contributed by atoms with Crippen molar-refractivity contribution in [3.63, 3.8) is 0 Å². The van der Waals surface area contributed by atoms with Crippen molar-refractivity contribution in [1.29, 1.82) is 0 Å². The average Bonchev–Trinajstić information content (AvgIpc) is 3.24. The van der Waals surface area contributed by atoms with Crippen LogP contribution in [0, 0.1) is 103 Å². The zero-order valence-electron chi connectivity index (χ0n) is 32.4. The Labute approximate surface area is 353 Å². The fourth-order valence-corrected chi connectivity index (χ4v) is 7.58. The van der Waals surface area contributed by atoms with Gasteiger partial charge in [0.1, 0.15) is 16.9 Å². The summed E-state index contributed by atoms with van der Waals surface area (Å²) >= 11 is 3.16. The van der Waals surface area contributed by atoms with Gasteiger partial charge in [-0.1, -0.05) is 54.0 Å². The first-order valence-corrected chi connectivity index (χ1v) is 18.8. The van der Waals surface area contributed by atoms with Gasteiger partial charge in [0.05, 0.1) is 16.7 Å². The summed E-state index contributed by atoms with van der Waals surface area (Å²) in [4.78, 5) is 0. The maximum absolute atomic E-state index is 15.9. The molecule has 0 heterocycles. The topological polar surface area (TPSA) is 9.23 Å². The molecule has 330 valence electrons. The molecule has 1 nitrogen and oxygen atoms in total. The van der Waals surface area contributed by atoms with E-state index in [4.69, 9.17) is 4.74 Å². The molecular formula is C44H23BrF17O+. The van der Waals surface area contributed by atoms with E-state index >= 15 is 35.1 Å². The second kappa shape index (κ2) is 16.4. The summed E-state index contributed by atoms with van der Waals surface area (Å²) in [6.45, 7) is 9.93. The Bertz CT molecular complexity index is 2800. The molecule has 0 saturated heterocycles. The van der Waals surface area contributed by atoms with Crippen LogP contribution in [0.25, 0.3) is 27.8 Å². The monoisotopic (exact) mass is 969 g/mol. The van der Waals surface area contributed by atoms with Gasteiger partial charge in [-0.3, -0.25) is 0 Å². The molecule has 6 rings (SSSR count). The van der Waals surface area contributed by atoms with E-state index in [1.54, 1.807) is 13.8 Å². The minimum Gasteiger partial charge on any atom is -0.450 e. The minimum atomic E-state index is -2.74. The summed E-state index contributed by atoms with van der Waals surface area (Å²) in [7, 11) is 0. The van der Waals surface area contributed by atoms with Crippen molar-refractivity contribution in [3.05, 3.63) is 175 Å². The van der Waals surface area contributed by atoms with Crippen LogP contribution in [0.15, 0.2) is 53.9 Å². The molecule has 1 aliphatic carbocycles. The first-order chi connectivity index (χ1) is 29.2. The molecule has 0 N–H and O–H groups in total. The van der Waals surface area contributed by atoms with E-state index < -0.39 is 155 Å². The SMILES string of the molecule is C=C1C(F)=C(F)C(c2c(F)c(F)c(-c3c(C)cc(C(C)(C)c4cc(C)c(Oc5c(F)c(F)c(-c6c(F)c(F)c(F)c(F)c6F)c(F)c5F)c(C)c4)cc3CBr)c(F)c2F)=C(F)[C+]1F. The summed E-state index contributed by atoms with van der Waals surface area (Å²) in [5, 5.41) is -0.250. The highest BCUT2D eigenvalue weighted by atomic mass is 79.9. The Hall–Kier alpha value is -5.72. The summed E-state index contributed by atoms with van der Waals surface area (Å²) in [5.74, 6) is -41.8. The van der Waals surface area contributed by atoms with Gasteiger partial charge >= 0.3 is 0 Å². The van der Waals surface area contributed by atoms with E-state index in [0.717, 1.165) is 0 Å². The van der Waals surface area contributed by atoms with E-state index in [-0.39, 0.29) is 27.6 Å². The summed E-state index contributed by atoms with van der Waals surface area (Å²) < 4.78 is 257. The van der Waals surface area contributed by atoms with Gasteiger partial charge in [0, 0.05) is 10.7 Å². The number of benzene rings is 5. The Morgan fingerprint density at radius 1 is 0.492 bits per heavy atom. The predicted molar refractivity (Wildman–Crippen MR) is 199 cm³/mol. The molecule has 5 aromatic carbocycles. The molecule has 0 atom stereocenters. The number of halogens is 18. The number of aryl methyl sites for hydroxylation is 3. The third-order valence-electron chi connectivity index (χ3n) is 10.5. The average molecular weight is 971 g/mol. The summed E-state index contributed by atoms with van der Waals surface area (Å²) in [5.41, 5.74) is -12.4. The highest BCUT2D eigenvalue weighted by Crippen LogP contribution is 2.50. The van der Waals surface area contributed by atoms with Gasteiger partial charge in [-0.05, 0) is 66.3 Å². The quantitative estimate of drug-likeness (QED) is 0.0495. The Morgan fingerprint density at radius 2 is 0.857 bits per heavy atom. The van der Waals surface area contributed by atoms with Crippen molar-refractivity contribution in [2.75, 3.05) is 0 Å². The number of hydrogen-bond donors (Lipinski definition) is 0. The van der Waals surface area contributed by atoms with E-state index in [1.165, 1.54) is 45.0 Å². The van der Waals surface area contributed by atoms with Crippen LogP contribution >= 0.6 is 15.9 Å². The number of allylic oxidation sites excluding steroid dienone is 5. The van der Waals surface area contributed by atoms with Gasteiger partial charge in [0.2, 0.25) is 23.2 Å². The van der Waals surface area contributed by atoms with Gasteiger partial charge in [0.25, 0.3) is 23.7 Å². The van der Waals surface area contributed by atoms with Crippen molar-refractivity contribution >= 4 is 21.5 Å². The third-order valence-corrected chi connectivity index (χ3v) is 11.1. The van der Waals surface area contributed by atoms with Gasteiger partial charge in [-0.25, -0.2) is 48.3 Å². The molecule has 5 aromatic rings. The molecule has 0 aromatic heterocycles. The summed E-state index contributed by atoms with van der Waals surface area (Å²) in [6, 6.07) is 5.45. The first-order valence-electron chi connectivity index (χ1n) is 17.7. The van der Waals surface area contributed by atoms with E-state index in [0.29, 0.717) is 11.1 Å². The molecule has 0 aliphatic heterocycles. The zero-order chi connectivity index (χ0) is 47.2. The van der Waals surface area contributed by atoms with E-state index in [9.17, 15) is 39.5 Å². The molecule has 0 saturated carbocycles. The Balaban J connectivity index is 1.41. The fourth-order valence-electron chi connectivity index (χ4n) is 7.14. The second-order valence-electron chi connectivity index (χ2n) is 14.6. The normalized spacial score (nSPS) is 13.6. The lowest BCUT2D eigenvalue weighted by Crippen LogP contribution is -2.20. The molecule has 0 unspecified atom stereocenters. The van der Waals surface area contributed by atoms with Crippen LogP contribution in [-0.2, 0) is 10.7 Å². The maximum Gasteiger partial charge on any atom is 0.261 e. The molecule has 0 fully saturated rings. The van der Waals surface area contributed by atoms with Crippen molar-refractivity contribution in [2.24, 2.45) is 0 Å². The van der Waals surface area contributed by atoms with Gasteiger partial charge in [-0.2, -0.15) is 17.6 Å². The molecule has 0 radical (unpaired) electrons. The molecule has 0 spiro atoms. The largest absolute Gasteiger partial charge is 0.450 e. The lowest BCUT2D eigenvalue weighted by molar-refractivity contribution is 0.361. The molecule has 1 aliphatic rings. The van der Waals surface area contributed by atoms with Crippen LogP contribution in [0.3, 0.4) is 0 Å². The first kappa shape index (κ1) is 46.8. The van der Waals surface area contributed by atoms with Crippen LogP contribution in [-0.4, -0.2) is 0 Å². The van der Waals surface area contributed by atoms with Gasteiger partial charge in [0.15, 0.2) is 63.7 Å². The minimum absolute atomic E-state index is 0.0176. The smallest absolute Gasteiger partial charge is 0.261 e. The zero-order valence-corrected chi connectivity index (χ0v) is 34.0. The predicted octanol–water partition coefficient (Wildman–Crippen LogP) is 15.7. The Morgan fingerprint density at radius 3 is 1.32 bits per heavy atom. The number of ether oxygens (including phenoxy) is 1. The third kappa shape index (κ3) is 7.15. The molecular weight excluding hydrogens is 947 g/mol. The standard InChI is InChI=1S/C44H23BrF17O/c1-12-7-18(10-16(11-45)19(12)20-29(50)31(52)22(32(53)30(20)51)21-27(48)25(46)15(4)26(47)28(21)49)44(5,6)17-8-13(2)42(14(3)9-17)63-43-40(61)35(56)24(36(57)41(43)62)23-33(54)37(58)39(60)38(59)34(23)55/h7-10H,4,11H2,1-3,5-6H3/q+1. The second-order valence-corrected chi connectivity index (χ2v) is 15.2. The van der Waals surface area contributed by atoms with E-state index in [1.807, 2.05) is 0 Å². The van der Waals surface area contributed by atoms with Crippen molar-refractivity contribution < 1.29 is 79.4 Å². The Kier molecular flexibility index (Phi) is 12.2. The number of alkyl halides is 1. The van der Waals surface area contributed by atoms with Crippen LogP contribution in [0.1, 0.15) is 52.8 Å². The fraction of sp³-hybridized carbons (Fsp3) is 0.159. The summed E-state index contributed by atoms with van der Waals surface area (Å²) in [6.07, 6.45) is -2.17. The lowest BCUT2D eigenvalue weighted by Gasteiger charge is -2.30. The highest BCUT2D eigenvalue weighted by molar-refractivity contribution is 9.08. The van der Waals surface area contributed by atoms with Crippen molar-refractivity contribution in [1.82, 2.24) is 0 Å². The number of rotatable bonds is 8. The van der Waals surface area contributed by atoms with Crippen LogP contribution in [0.4, 0.5) is 74.6 Å².